The molecule has 10 heteroatoms. The van der Waals surface area contributed by atoms with Crippen LogP contribution in [-0.4, -0.2) is 45.4 Å². The fourth-order valence-electron chi connectivity index (χ4n) is 3.10. The van der Waals surface area contributed by atoms with E-state index in [1.807, 2.05) is 0 Å². The summed E-state index contributed by atoms with van der Waals surface area (Å²) >= 11 is 0. The lowest BCUT2D eigenvalue weighted by Gasteiger charge is -2.15. The van der Waals surface area contributed by atoms with Crippen molar-refractivity contribution in [3.63, 3.8) is 0 Å². The van der Waals surface area contributed by atoms with Crippen molar-refractivity contribution in [2.45, 2.75) is 26.5 Å². The van der Waals surface area contributed by atoms with Crippen LogP contribution in [0.3, 0.4) is 0 Å². The molecule has 1 atom stereocenters. The van der Waals surface area contributed by atoms with E-state index < -0.39 is 28.0 Å². The smallest absolute Gasteiger partial charge is 0.414 e. The van der Waals surface area contributed by atoms with Crippen molar-refractivity contribution in [1.82, 2.24) is 10.0 Å². The Labute approximate surface area is 180 Å². The molecule has 1 aliphatic heterocycles. The molecule has 0 spiro atoms. The van der Waals surface area contributed by atoms with Crippen LogP contribution in [0.25, 0.3) is 11.1 Å². The summed E-state index contributed by atoms with van der Waals surface area (Å²) in [5.41, 5.74) is 2.09. The van der Waals surface area contributed by atoms with Crippen LogP contribution in [0.4, 0.5) is 14.9 Å². The van der Waals surface area contributed by atoms with E-state index in [-0.39, 0.29) is 31.3 Å². The van der Waals surface area contributed by atoms with Crippen LogP contribution < -0.4 is 14.9 Å². The molecule has 8 nitrogen and oxygen atoms in total. The van der Waals surface area contributed by atoms with Gasteiger partial charge in [-0.3, -0.25) is 9.69 Å². The summed E-state index contributed by atoms with van der Waals surface area (Å²) < 4.78 is 45.6. The van der Waals surface area contributed by atoms with Gasteiger partial charge in [0, 0.05) is 19.0 Å². The average Bonchev–Trinajstić information content (AvgIpc) is 3.12. The topological polar surface area (TPSA) is 105 Å². The maximum absolute atomic E-state index is 14.8. The van der Waals surface area contributed by atoms with Gasteiger partial charge in [-0.25, -0.2) is 22.3 Å². The van der Waals surface area contributed by atoms with Crippen molar-refractivity contribution in [2.24, 2.45) is 0 Å². The minimum Gasteiger partial charge on any atom is -0.442 e. The molecule has 31 heavy (non-hydrogen) atoms. The zero-order valence-electron chi connectivity index (χ0n) is 17.2. The first-order valence-electron chi connectivity index (χ1n) is 9.77. The average molecular weight is 450 g/mol. The lowest BCUT2D eigenvalue weighted by molar-refractivity contribution is -0.119. The number of anilines is 1. The lowest BCUT2D eigenvalue weighted by Crippen LogP contribution is -2.33. The SMILES string of the molecule is CCS(=O)(=O)NCc1ccc(-c2ccc(N3C[C@H](CNC(C)=O)OC3=O)cc2F)cc1. The number of hydrogen-bond acceptors (Lipinski definition) is 5. The Bertz CT molecular complexity index is 1070. The van der Waals surface area contributed by atoms with Gasteiger partial charge in [0.15, 0.2) is 0 Å². The summed E-state index contributed by atoms with van der Waals surface area (Å²) in [4.78, 5) is 24.4. The van der Waals surface area contributed by atoms with Gasteiger partial charge in [-0.05, 0) is 36.2 Å². The van der Waals surface area contributed by atoms with Gasteiger partial charge < -0.3 is 10.1 Å². The molecular weight excluding hydrogens is 425 g/mol. The zero-order chi connectivity index (χ0) is 22.6. The third-order valence-electron chi connectivity index (χ3n) is 4.86. The first-order valence-corrected chi connectivity index (χ1v) is 11.4. The second kappa shape index (κ2) is 9.44. The van der Waals surface area contributed by atoms with Crippen LogP contribution in [0.5, 0.6) is 0 Å². The van der Waals surface area contributed by atoms with Crippen molar-refractivity contribution >= 4 is 27.7 Å². The molecule has 0 bridgehead atoms. The van der Waals surface area contributed by atoms with Crippen molar-refractivity contribution in [2.75, 3.05) is 23.7 Å². The standard InChI is InChI=1S/C21H24FN3O5S/c1-3-31(28,29)24-11-15-4-6-16(7-5-15)19-9-8-17(10-20(19)22)25-13-18(30-21(25)27)12-23-14(2)26/h4-10,18,24H,3,11-13H2,1-2H3,(H,23,26)/t18-/m0/s1. The first-order chi connectivity index (χ1) is 14.7. The van der Waals surface area contributed by atoms with Crippen molar-refractivity contribution in [3.8, 4) is 11.1 Å². The molecule has 1 aliphatic rings. The molecule has 166 valence electrons. The number of benzene rings is 2. The maximum atomic E-state index is 14.8. The predicted molar refractivity (Wildman–Crippen MR) is 114 cm³/mol. The highest BCUT2D eigenvalue weighted by Crippen LogP contribution is 2.29. The Hall–Kier alpha value is -2.98. The van der Waals surface area contributed by atoms with Gasteiger partial charge in [0.2, 0.25) is 15.9 Å². The number of ether oxygens (including phenoxy) is 1. The number of halogens is 1. The van der Waals surface area contributed by atoms with E-state index >= 15 is 0 Å². The van der Waals surface area contributed by atoms with E-state index in [9.17, 15) is 22.4 Å². The molecule has 3 rings (SSSR count). The van der Waals surface area contributed by atoms with E-state index in [1.54, 1.807) is 43.3 Å². The highest BCUT2D eigenvalue weighted by molar-refractivity contribution is 7.89. The minimum atomic E-state index is -3.29. The van der Waals surface area contributed by atoms with Gasteiger partial charge >= 0.3 is 6.09 Å². The number of amides is 2. The zero-order valence-corrected chi connectivity index (χ0v) is 18.0. The molecule has 0 radical (unpaired) electrons. The van der Waals surface area contributed by atoms with Crippen molar-refractivity contribution in [1.29, 1.82) is 0 Å². The van der Waals surface area contributed by atoms with Crippen LogP contribution in [-0.2, 0) is 26.1 Å². The Morgan fingerprint density at radius 2 is 1.94 bits per heavy atom. The van der Waals surface area contributed by atoms with Crippen molar-refractivity contribution < 1.29 is 27.1 Å². The van der Waals surface area contributed by atoms with E-state index in [4.69, 9.17) is 4.74 Å². The molecule has 0 aliphatic carbocycles. The summed E-state index contributed by atoms with van der Waals surface area (Å²) in [7, 11) is -3.29. The Balaban J connectivity index is 1.69. The minimum absolute atomic E-state index is 0.00118. The fourth-order valence-corrected chi connectivity index (χ4v) is 3.69. The predicted octanol–water partition coefficient (Wildman–Crippen LogP) is 2.39. The third kappa shape index (κ3) is 5.80. The Morgan fingerprint density at radius 1 is 1.23 bits per heavy atom. The molecular formula is C21H24FN3O5S. The van der Waals surface area contributed by atoms with Crippen LogP contribution in [0, 0.1) is 5.82 Å². The maximum Gasteiger partial charge on any atom is 0.414 e. The molecule has 2 amide bonds. The number of sulfonamides is 1. The molecule has 2 N–H and O–H groups in total. The largest absolute Gasteiger partial charge is 0.442 e. The van der Waals surface area contributed by atoms with Gasteiger partial charge in [0.05, 0.1) is 24.5 Å². The second-order valence-corrected chi connectivity index (χ2v) is 9.23. The van der Waals surface area contributed by atoms with Gasteiger partial charge in [-0.1, -0.05) is 24.3 Å². The molecule has 0 saturated carbocycles. The molecule has 0 unspecified atom stereocenters. The number of rotatable bonds is 8. The molecule has 1 saturated heterocycles. The summed E-state index contributed by atoms with van der Waals surface area (Å²) in [6, 6.07) is 11.3. The van der Waals surface area contributed by atoms with Gasteiger partial charge in [0.1, 0.15) is 11.9 Å². The fraction of sp³-hybridized carbons (Fsp3) is 0.333. The van der Waals surface area contributed by atoms with Crippen LogP contribution >= 0.6 is 0 Å². The summed E-state index contributed by atoms with van der Waals surface area (Å²) in [5, 5.41) is 2.59. The van der Waals surface area contributed by atoms with Crippen LogP contribution in [0.15, 0.2) is 42.5 Å². The molecule has 0 aromatic heterocycles. The highest BCUT2D eigenvalue weighted by Gasteiger charge is 2.32. The van der Waals surface area contributed by atoms with E-state index in [0.717, 1.165) is 5.56 Å². The second-order valence-electron chi connectivity index (χ2n) is 7.14. The number of carbonyl (C=O) groups excluding carboxylic acids is 2. The summed E-state index contributed by atoms with van der Waals surface area (Å²) in [5.74, 6) is -0.727. The number of nitrogens with zero attached hydrogens (tertiary/aromatic N) is 1. The Morgan fingerprint density at radius 3 is 2.55 bits per heavy atom. The van der Waals surface area contributed by atoms with Crippen molar-refractivity contribution in [3.05, 3.63) is 53.8 Å². The normalized spacial score (nSPS) is 16.3. The van der Waals surface area contributed by atoms with E-state index in [0.29, 0.717) is 16.8 Å². The van der Waals surface area contributed by atoms with Gasteiger partial charge in [-0.2, -0.15) is 0 Å². The lowest BCUT2D eigenvalue weighted by atomic mass is 10.0. The number of nitrogens with one attached hydrogen (secondary N) is 2. The summed E-state index contributed by atoms with van der Waals surface area (Å²) in [6.45, 7) is 3.50. The molecule has 2 aromatic carbocycles. The van der Waals surface area contributed by atoms with Crippen LogP contribution in [0.1, 0.15) is 19.4 Å². The molecule has 1 heterocycles. The van der Waals surface area contributed by atoms with Crippen LogP contribution in [0.2, 0.25) is 0 Å². The molecule has 1 fully saturated rings. The number of hydrogen-bond donors (Lipinski definition) is 2. The van der Waals surface area contributed by atoms with E-state index in [2.05, 4.69) is 10.0 Å². The highest BCUT2D eigenvalue weighted by atomic mass is 32.2. The summed E-state index contributed by atoms with van der Waals surface area (Å²) in [6.07, 6.45) is -1.10. The number of cyclic esters (lactones) is 1. The monoisotopic (exact) mass is 449 g/mol. The quantitative estimate of drug-likeness (QED) is 0.644. The van der Waals surface area contributed by atoms with Gasteiger partial charge in [-0.15, -0.1) is 0 Å². The number of carbonyl (C=O) groups is 2. The first kappa shape index (κ1) is 22.7. The van der Waals surface area contributed by atoms with Gasteiger partial charge in [0.25, 0.3) is 0 Å². The molecule has 2 aromatic rings. The Kier molecular flexibility index (Phi) is 6.91. The third-order valence-corrected chi connectivity index (χ3v) is 6.20. The van der Waals surface area contributed by atoms with E-state index in [1.165, 1.54) is 17.9 Å².